The molecular weight excluding hydrogens is 132 g/mol. The van der Waals surface area contributed by atoms with Crippen LogP contribution in [-0.4, -0.2) is 23.8 Å². The zero-order chi connectivity index (χ0) is 7.56. The van der Waals surface area contributed by atoms with Gasteiger partial charge in [0.25, 0.3) is 0 Å². The van der Waals surface area contributed by atoms with Gasteiger partial charge in [-0.25, -0.2) is 4.79 Å². The maximum Gasteiger partial charge on any atom is 0.329 e. The summed E-state index contributed by atoms with van der Waals surface area (Å²) < 4.78 is 4.95. The van der Waals surface area contributed by atoms with E-state index < -0.39 is 5.97 Å². The second-order valence-corrected chi connectivity index (χ2v) is 2.48. The quantitative estimate of drug-likeness (QED) is 0.593. The SMILES string of the molecule is C=C1CC(OCC(=O)O)C1. The molecule has 0 unspecified atom stereocenters. The van der Waals surface area contributed by atoms with Gasteiger partial charge in [-0.2, -0.15) is 0 Å². The van der Waals surface area contributed by atoms with Crippen LogP contribution in [0.5, 0.6) is 0 Å². The van der Waals surface area contributed by atoms with Gasteiger partial charge < -0.3 is 9.84 Å². The molecule has 0 aromatic rings. The lowest BCUT2D eigenvalue weighted by Gasteiger charge is -2.27. The highest BCUT2D eigenvalue weighted by molar-refractivity contribution is 5.68. The molecule has 1 aliphatic carbocycles. The van der Waals surface area contributed by atoms with Crippen molar-refractivity contribution in [2.75, 3.05) is 6.61 Å². The fraction of sp³-hybridized carbons (Fsp3) is 0.571. The number of hydrogen-bond donors (Lipinski definition) is 1. The molecule has 56 valence electrons. The van der Waals surface area contributed by atoms with E-state index in [-0.39, 0.29) is 12.7 Å². The fourth-order valence-electron chi connectivity index (χ4n) is 0.891. The number of carboxylic acids is 1. The van der Waals surface area contributed by atoms with E-state index in [2.05, 4.69) is 6.58 Å². The van der Waals surface area contributed by atoms with Crippen molar-refractivity contribution < 1.29 is 14.6 Å². The van der Waals surface area contributed by atoms with E-state index in [1.54, 1.807) is 0 Å². The molecule has 1 rings (SSSR count). The van der Waals surface area contributed by atoms with Gasteiger partial charge in [-0.05, 0) is 12.8 Å². The van der Waals surface area contributed by atoms with Crippen LogP contribution in [0.2, 0.25) is 0 Å². The number of carbonyl (C=O) groups is 1. The predicted molar refractivity (Wildman–Crippen MR) is 35.7 cm³/mol. The molecule has 3 nitrogen and oxygen atoms in total. The van der Waals surface area contributed by atoms with Crippen molar-refractivity contribution in [3.8, 4) is 0 Å². The zero-order valence-electron chi connectivity index (χ0n) is 5.67. The Morgan fingerprint density at radius 3 is 2.80 bits per heavy atom. The number of carboxylic acid groups (broad SMARTS) is 1. The minimum Gasteiger partial charge on any atom is -0.480 e. The van der Waals surface area contributed by atoms with E-state index in [1.807, 2.05) is 0 Å². The number of ether oxygens (including phenoxy) is 1. The van der Waals surface area contributed by atoms with Crippen LogP contribution in [0.15, 0.2) is 12.2 Å². The molecule has 0 bridgehead atoms. The molecule has 1 N–H and O–H groups in total. The number of rotatable bonds is 3. The smallest absolute Gasteiger partial charge is 0.329 e. The molecule has 1 saturated carbocycles. The van der Waals surface area contributed by atoms with Gasteiger partial charge in [-0.15, -0.1) is 0 Å². The summed E-state index contributed by atoms with van der Waals surface area (Å²) in [6, 6.07) is 0. The molecule has 0 spiro atoms. The number of aliphatic carboxylic acids is 1. The molecule has 0 aliphatic heterocycles. The van der Waals surface area contributed by atoms with Crippen LogP contribution in [0, 0.1) is 0 Å². The Kier molecular flexibility index (Phi) is 2.06. The molecule has 0 atom stereocenters. The van der Waals surface area contributed by atoms with Crippen molar-refractivity contribution in [2.45, 2.75) is 18.9 Å². The normalized spacial score (nSPS) is 18.6. The maximum absolute atomic E-state index is 9.98. The lowest BCUT2D eigenvalue weighted by Crippen LogP contribution is -2.26. The highest BCUT2D eigenvalue weighted by atomic mass is 16.5. The Balaban J connectivity index is 2.05. The summed E-state index contributed by atoms with van der Waals surface area (Å²) in [6.45, 7) is 3.53. The van der Waals surface area contributed by atoms with Crippen LogP contribution in [0.4, 0.5) is 0 Å². The molecule has 10 heavy (non-hydrogen) atoms. The molecule has 0 aromatic heterocycles. The van der Waals surface area contributed by atoms with Crippen LogP contribution in [-0.2, 0) is 9.53 Å². The topological polar surface area (TPSA) is 46.5 Å². The summed E-state index contributed by atoms with van der Waals surface area (Å²) in [6.07, 6.45) is 1.77. The molecule has 0 aromatic carbocycles. The second-order valence-electron chi connectivity index (χ2n) is 2.48. The van der Waals surface area contributed by atoms with Gasteiger partial charge in [0, 0.05) is 0 Å². The number of hydrogen-bond acceptors (Lipinski definition) is 2. The minimum absolute atomic E-state index is 0.114. The van der Waals surface area contributed by atoms with Crippen LogP contribution in [0.3, 0.4) is 0 Å². The molecule has 0 amide bonds. The van der Waals surface area contributed by atoms with Crippen molar-refractivity contribution in [3.63, 3.8) is 0 Å². The van der Waals surface area contributed by atoms with E-state index in [4.69, 9.17) is 9.84 Å². The Morgan fingerprint density at radius 2 is 2.40 bits per heavy atom. The van der Waals surface area contributed by atoms with Gasteiger partial charge in [0.1, 0.15) is 6.61 Å². The summed E-state index contributed by atoms with van der Waals surface area (Å²) in [4.78, 5) is 9.98. The van der Waals surface area contributed by atoms with E-state index in [0.717, 1.165) is 18.4 Å². The Bertz CT molecular complexity index is 154. The van der Waals surface area contributed by atoms with E-state index in [0.29, 0.717) is 0 Å². The monoisotopic (exact) mass is 142 g/mol. The molecule has 1 fully saturated rings. The standard InChI is InChI=1S/C7H10O3/c1-5-2-6(3-5)10-4-7(8)9/h6H,1-4H2,(H,8,9). The summed E-state index contributed by atoms with van der Waals surface area (Å²) in [7, 11) is 0. The third-order valence-electron chi connectivity index (χ3n) is 1.48. The average Bonchev–Trinajstić information content (AvgIpc) is 1.77. The lowest BCUT2D eigenvalue weighted by molar-refractivity contribution is -0.145. The van der Waals surface area contributed by atoms with Crippen LogP contribution < -0.4 is 0 Å². The van der Waals surface area contributed by atoms with Crippen molar-refractivity contribution in [1.29, 1.82) is 0 Å². The first-order valence-electron chi connectivity index (χ1n) is 3.18. The van der Waals surface area contributed by atoms with Crippen LogP contribution >= 0.6 is 0 Å². The van der Waals surface area contributed by atoms with Gasteiger partial charge in [0.05, 0.1) is 6.10 Å². The van der Waals surface area contributed by atoms with Gasteiger partial charge in [-0.1, -0.05) is 12.2 Å². The van der Waals surface area contributed by atoms with Crippen molar-refractivity contribution >= 4 is 5.97 Å². The first kappa shape index (κ1) is 7.28. The van der Waals surface area contributed by atoms with E-state index in [1.165, 1.54) is 0 Å². The predicted octanol–water partition coefficient (Wildman–Crippen LogP) is 0.806. The zero-order valence-corrected chi connectivity index (χ0v) is 5.67. The summed E-state index contributed by atoms with van der Waals surface area (Å²) >= 11 is 0. The van der Waals surface area contributed by atoms with E-state index in [9.17, 15) is 4.79 Å². The average molecular weight is 142 g/mol. The highest BCUT2D eigenvalue weighted by Crippen LogP contribution is 2.26. The molecule has 0 radical (unpaired) electrons. The third-order valence-corrected chi connectivity index (χ3v) is 1.48. The third kappa shape index (κ3) is 1.84. The van der Waals surface area contributed by atoms with Crippen molar-refractivity contribution in [2.24, 2.45) is 0 Å². The molecule has 0 heterocycles. The summed E-state index contributed by atoms with van der Waals surface area (Å²) in [5.41, 5.74) is 1.15. The summed E-state index contributed by atoms with van der Waals surface area (Å²) in [5.74, 6) is -0.905. The highest BCUT2D eigenvalue weighted by Gasteiger charge is 2.22. The minimum atomic E-state index is -0.905. The van der Waals surface area contributed by atoms with Gasteiger partial charge in [0.15, 0.2) is 0 Å². The Labute approximate surface area is 59.3 Å². The van der Waals surface area contributed by atoms with Crippen molar-refractivity contribution in [3.05, 3.63) is 12.2 Å². The fourth-order valence-corrected chi connectivity index (χ4v) is 0.891. The molecule has 1 aliphatic rings. The summed E-state index contributed by atoms with van der Waals surface area (Å²) in [5, 5.41) is 8.20. The lowest BCUT2D eigenvalue weighted by atomic mass is 9.90. The van der Waals surface area contributed by atoms with Crippen LogP contribution in [0.1, 0.15) is 12.8 Å². The second kappa shape index (κ2) is 2.84. The Morgan fingerprint density at radius 1 is 1.80 bits per heavy atom. The first-order chi connectivity index (χ1) is 4.68. The molecule has 3 heteroatoms. The van der Waals surface area contributed by atoms with Crippen molar-refractivity contribution in [1.82, 2.24) is 0 Å². The Hall–Kier alpha value is -0.830. The van der Waals surface area contributed by atoms with E-state index >= 15 is 0 Å². The van der Waals surface area contributed by atoms with Gasteiger partial charge in [0.2, 0.25) is 0 Å². The molecule has 0 saturated heterocycles. The maximum atomic E-state index is 9.98. The van der Waals surface area contributed by atoms with Gasteiger partial charge >= 0.3 is 5.97 Å². The van der Waals surface area contributed by atoms with Crippen LogP contribution in [0.25, 0.3) is 0 Å². The largest absolute Gasteiger partial charge is 0.480 e. The molecular formula is C7H10O3. The van der Waals surface area contributed by atoms with Gasteiger partial charge in [-0.3, -0.25) is 0 Å². The first-order valence-corrected chi connectivity index (χ1v) is 3.18.